The number of nitrogens with zero attached hydrogens (tertiary/aromatic N) is 2. The molecule has 2 N–H and O–H groups in total. The molecule has 0 amide bonds. The van der Waals surface area contributed by atoms with Gasteiger partial charge in [-0.05, 0) is 19.4 Å². The fraction of sp³-hybridized carbons (Fsp3) is 0.308. The number of nitrogens with one attached hydrogen (secondary N) is 2. The van der Waals surface area contributed by atoms with E-state index < -0.39 is 0 Å². The quantitative estimate of drug-likeness (QED) is 0.637. The van der Waals surface area contributed by atoms with Crippen LogP contribution < -0.4 is 5.32 Å². The average Bonchev–Trinajstić information content (AvgIpc) is 2.77. The highest BCUT2D eigenvalue weighted by atomic mass is 16.6. The monoisotopic (exact) mass is 260 g/mol. The zero-order valence-electron chi connectivity index (χ0n) is 10.9. The van der Waals surface area contributed by atoms with Crippen LogP contribution in [0.5, 0.6) is 0 Å². The molecule has 0 aliphatic rings. The van der Waals surface area contributed by atoms with Gasteiger partial charge in [0, 0.05) is 36.0 Å². The van der Waals surface area contributed by atoms with Gasteiger partial charge in [-0.3, -0.25) is 15.2 Å². The second-order valence-electron chi connectivity index (χ2n) is 4.44. The van der Waals surface area contributed by atoms with Gasteiger partial charge in [-0.1, -0.05) is 12.1 Å². The molecule has 2 rings (SSSR count). The summed E-state index contributed by atoms with van der Waals surface area (Å²) in [6, 6.07) is 5.14. The van der Waals surface area contributed by atoms with Crippen LogP contribution in [0.1, 0.15) is 22.4 Å². The van der Waals surface area contributed by atoms with Crippen molar-refractivity contribution in [3.63, 3.8) is 0 Å². The number of aromatic amines is 1. The lowest BCUT2D eigenvalue weighted by molar-refractivity contribution is -0.385. The lowest BCUT2D eigenvalue weighted by atomic mass is 10.1. The van der Waals surface area contributed by atoms with Crippen LogP contribution in [0.25, 0.3) is 0 Å². The smallest absolute Gasteiger partial charge is 0.272 e. The molecule has 100 valence electrons. The predicted molar refractivity (Wildman–Crippen MR) is 71.7 cm³/mol. The summed E-state index contributed by atoms with van der Waals surface area (Å²) in [5.41, 5.74) is 3.95. The number of nitro groups is 1. The molecule has 6 nitrogen and oxygen atoms in total. The Bertz CT molecular complexity index is 592. The Morgan fingerprint density at radius 3 is 2.68 bits per heavy atom. The van der Waals surface area contributed by atoms with Crippen molar-refractivity contribution in [2.45, 2.75) is 26.9 Å². The highest BCUT2D eigenvalue weighted by molar-refractivity contribution is 5.44. The van der Waals surface area contributed by atoms with Crippen LogP contribution >= 0.6 is 0 Å². The van der Waals surface area contributed by atoms with E-state index in [0.717, 1.165) is 16.8 Å². The van der Waals surface area contributed by atoms with E-state index in [9.17, 15) is 10.1 Å². The van der Waals surface area contributed by atoms with Crippen LogP contribution in [0.4, 0.5) is 5.69 Å². The Balaban J connectivity index is 2.02. The largest absolute Gasteiger partial charge is 0.308 e. The molecule has 1 aromatic heterocycles. The van der Waals surface area contributed by atoms with Crippen molar-refractivity contribution in [2.24, 2.45) is 0 Å². The fourth-order valence-corrected chi connectivity index (χ4v) is 1.94. The molecule has 0 atom stereocenters. The van der Waals surface area contributed by atoms with Gasteiger partial charge in [-0.15, -0.1) is 0 Å². The maximum absolute atomic E-state index is 10.9. The molecule has 0 radical (unpaired) electrons. The van der Waals surface area contributed by atoms with Gasteiger partial charge in [-0.2, -0.15) is 5.10 Å². The number of nitro benzene ring substituents is 1. The van der Waals surface area contributed by atoms with Crippen molar-refractivity contribution < 1.29 is 4.92 Å². The number of rotatable bonds is 5. The molecule has 0 fully saturated rings. The van der Waals surface area contributed by atoms with Gasteiger partial charge in [0.15, 0.2) is 0 Å². The minimum absolute atomic E-state index is 0.166. The van der Waals surface area contributed by atoms with E-state index in [1.54, 1.807) is 19.2 Å². The summed E-state index contributed by atoms with van der Waals surface area (Å²) < 4.78 is 0. The summed E-state index contributed by atoms with van der Waals surface area (Å²) in [5, 5.41) is 20.9. The predicted octanol–water partition coefficient (Wildman–Crippen LogP) is 2.22. The molecular formula is C13H16N4O2. The van der Waals surface area contributed by atoms with Crippen molar-refractivity contribution in [1.82, 2.24) is 15.5 Å². The Morgan fingerprint density at radius 1 is 1.32 bits per heavy atom. The molecule has 0 saturated heterocycles. The van der Waals surface area contributed by atoms with Crippen LogP contribution in [0.15, 0.2) is 24.4 Å². The number of hydrogen-bond acceptors (Lipinski definition) is 4. The van der Waals surface area contributed by atoms with E-state index in [2.05, 4.69) is 15.5 Å². The van der Waals surface area contributed by atoms with Gasteiger partial charge in [-0.25, -0.2) is 0 Å². The first-order valence-corrected chi connectivity index (χ1v) is 6.02. The molecule has 19 heavy (non-hydrogen) atoms. The first kappa shape index (κ1) is 13.2. The fourth-order valence-electron chi connectivity index (χ4n) is 1.94. The normalized spacial score (nSPS) is 10.6. The third-order valence-electron chi connectivity index (χ3n) is 3.18. The molecule has 0 aliphatic heterocycles. The van der Waals surface area contributed by atoms with Crippen molar-refractivity contribution in [3.8, 4) is 0 Å². The summed E-state index contributed by atoms with van der Waals surface area (Å²) in [4.78, 5) is 10.5. The number of aryl methyl sites for hydroxylation is 1. The zero-order valence-corrected chi connectivity index (χ0v) is 10.9. The standard InChI is InChI=1S/C13H16N4O2/c1-9-11(4-3-5-13(9)17(18)19)6-14-7-12-8-15-16-10(12)2/h3-5,8,14H,6-7H2,1-2H3,(H,15,16). The number of hydrogen-bond donors (Lipinski definition) is 2. The van der Waals surface area contributed by atoms with Crippen LogP contribution in [0, 0.1) is 24.0 Å². The first-order valence-electron chi connectivity index (χ1n) is 6.02. The molecule has 6 heteroatoms. The minimum Gasteiger partial charge on any atom is -0.308 e. The maximum Gasteiger partial charge on any atom is 0.272 e. The molecule has 2 aromatic rings. The van der Waals surface area contributed by atoms with Gasteiger partial charge < -0.3 is 5.32 Å². The molecule has 0 saturated carbocycles. The third-order valence-corrected chi connectivity index (χ3v) is 3.18. The van der Waals surface area contributed by atoms with Crippen molar-refractivity contribution in [3.05, 3.63) is 56.9 Å². The van der Waals surface area contributed by atoms with Crippen molar-refractivity contribution in [1.29, 1.82) is 0 Å². The topological polar surface area (TPSA) is 83.8 Å². The number of H-pyrrole nitrogens is 1. The summed E-state index contributed by atoms with van der Waals surface area (Å²) in [7, 11) is 0. The zero-order chi connectivity index (χ0) is 13.8. The third kappa shape index (κ3) is 2.97. The highest BCUT2D eigenvalue weighted by Crippen LogP contribution is 2.20. The number of aromatic nitrogens is 2. The van der Waals surface area contributed by atoms with Gasteiger partial charge in [0.1, 0.15) is 0 Å². The maximum atomic E-state index is 10.9. The van der Waals surface area contributed by atoms with Gasteiger partial charge in [0.2, 0.25) is 0 Å². The molecule has 1 aromatic carbocycles. The van der Waals surface area contributed by atoms with E-state index in [0.29, 0.717) is 18.7 Å². The SMILES string of the molecule is Cc1[nH]ncc1CNCc1cccc([N+](=O)[O-])c1C. The van der Waals surface area contributed by atoms with Gasteiger partial charge >= 0.3 is 0 Å². The van der Waals surface area contributed by atoms with E-state index in [4.69, 9.17) is 0 Å². The molecule has 1 heterocycles. The minimum atomic E-state index is -0.348. The molecule has 0 spiro atoms. The molecule has 0 unspecified atom stereocenters. The Labute approximate surface area is 111 Å². The van der Waals surface area contributed by atoms with Crippen molar-refractivity contribution >= 4 is 5.69 Å². The summed E-state index contributed by atoms with van der Waals surface area (Å²) >= 11 is 0. The summed E-state index contributed by atoms with van der Waals surface area (Å²) in [6.07, 6.45) is 1.78. The Morgan fingerprint density at radius 2 is 2.05 bits per heavy atom. The van der Waals surface area contributed by atoms with Gasteiger partial charge in [0.05, 0.1) is 11.1 Å². The molecular weight excluding hydrogens is 244 g/mol. The van der Waals surface area contributed by atoms with Crippen LogP contribution in [0.3, 0.4) is 0 Å². The first-order chi connectivity index (χ1) is 9.09. The van der Waals surface area contributed by atoms with E-state index in [1.165, 1.54) is 6.07 Å². The summed E-state index contributed by atoms with van der Waals surface area (Å²) in [6.45, 7) is 5.02. The van der Waals surface area contributed by atoms with E-state index in [1.807, 2.05) is 13.0 Å². The van der Waals surface area contributed by atoms with Crippen LogP contribution in [0.2, 0.25) is 0 Å². The average molecular weight is 260 g/mol. The van der Waals surface area contributed by atoms with Crippen LogP contribution in [-0.2, 0) is 13.1 Å². The number of benzene rings is 1. The molecule has 0 bridgehead atoms. The molecule has 0 aliphatic carbocycles. The lowest BCUT2D eigenvalue weighted by Crippen LogP contribution is -2.14. The Kier molecular flexibility index (Phi) is 3.91. The summed E-state index contributed by atoms with van der Waals surface area (Å²) in [5.74, 6) is 0. The lowest BCUT2D eigenvalue weighted by Gasteiger charge is -2.07. The second-order valence-corrected chi connectivity index (χ2v) is 4.44. The Hall–Kier alpha value is -2.21. The van der Waals surface area contributed by atoms with Crippen LogP contribution in [-0.4, -0.2) is 15.1 Å². The van der Waals surface area contributed by atoms with Gasteiger partial charge in [0.25, 0.3) is 5.69 Å². The highest BCUT2D eigenvalue weighted by Gasteiger charge is 2.12. The van der Waals surface area contributed by atoms with Crippen molar-refractivity contribution in [2.75, 3.05) is 0 Å². The van der Waals surface area contributed by atoms with E-state index >= 15 is 0 Å². The van der Waals surface area contributed by atoms with E-state index in [-0.39, 0.29) is 10.6 Å². The second kappa shape index (κ2) is 5.62.